The predicted octanol–water partition coefficient (Wildman–Crippen LogP) is 2.83. The molecular formula is C15H19FN2O2. The summed E-state index contributed by atoms with van der Waals surface area (Å²) in [6.45, 7) is 4.50. The number of aliphatic hydroxyl groups is 1. The second-order valence-electron chi connectivity index (χ2n) is 4.72. The van der Waals surface area contributed by atoms with Gasteiger partial charge < -0.3 is 9.84 Å². The lowest BCUT2D eigenvalue weighted by Crippen LogP contribution is -2.12. The van der Waals surface area contributed by atoms with Gasteiger partial charge in [0.25, 0.3) is 0 Å². The Labute approximate surface area is 117 Å². The number of rotatable bonds is 5. The van der Waals surface area contributed by atoms with Gasteiger partial charge in [-0.2, -0.15) is 5.10 Å². The van der Waals surface area contributed by atoms with E-state index in [0.29, 0.717) is 29.1 Å². The summed E-state index contributed by atoms with van der Waals surface area (Å²) in [5.41, 5.74) is 1.95. The van der Waals surface area contributed by atoms with Gasteiger partial charge in [0.05, 0.1) is 13.3 Å². The van der Waals surface area contributed by atoms with Crippen LogP contribution in [0.25, 0.3) is 0 Å². The van der Waals surface area contributed by atoms with Gasteiger partial charge in [0.1, 0.15) is 17.6 Å². The molecule has 20 heavy (non-hydrogen) atoms. The highest BCUT2D eigenvalue weighted by Gasteiger charge is 2.22. The Morgan fingerprint density at radius 2 is 2.20 bits per heavy atom. The molecule has 5 heteroatoms. The standard InChI is InChI=1S/C15H19FN2O2/c1-4-7-18-14(13(20-3)9-17-18)15(19)12-6-5-11(16)8-10(12)2/h5-6,8-9,15,19H,4,7H2,1-3H3. The maximum absolute atomic E-state index is 13.2. The van der Waals surface area contributed by atoms with Crippen LogP contribution in [-0.2, 0) is 6.54 Å². The first-order valence-electron chi connectivity index (χ1n) is 6.62. The summed E-state index contributed by atoms with van der Waals surface area (Å²) in [7, 11) is 1.54. The molecule has 1 heterocycles. The van der Waals surface area contributed by atoms with Gasteiger partial charge >= 0.3 is 0 Å². The van der Waals surface area contributed by atoms with Crippen LogP contribution >= 0.6 is 0 Å². The molecule has 1 aromatic heterocycles. The third-order valence-electron chi connectivity index (χ3n) is 3.29. The van der Waals surface area contributed by atoms with Crippen LogP contribution in [0.15, 0.2) is 24.4 Å². The number of ether oxygens (including phenoxy) is 1. The van der Waals surface area contributed by atoms with E-state index >= 15 is 0 Å². The molecule has 0 aliphatic heterocycles. The van der Waals surface area contributed by atoms with Crippen molar-refractivity contribution in [2.75, 3.05) is 7.11 Å². The zero-order valence-corrected chi connectivity index (χ0v) is 11.9. The number of hydrogen-bond donors (Lipinski definition) is 1. The lowest BCUT2D eigenvalue weighted by atomic mass is 10.0. The normalized spacial score (nSPS) is 12.4. The molecule has 0 fully saturated rings. The van der Waals surface area contributed by atoms with E-state index in [1.54, 1.807) is 31.0 Å². The van der Waals surface area contributed by atoms with Crippen molar-refractivity contribution in [2.24, 2.45) is 0 Å². The zero-order chi connectivity index (χ0) is 14.7. The Balaban J connectivity index is 2.46. The SMILES string of the molecule is CCCn1ncc(OC)c1C(O)c1ccc(F)cc1C. The minimum Gasteiger partial charge on any atom is -0.493 e. The highest BCUT2D eigenvalue weighted by atomic mass is 19.1. The van der Waals surface area contributed by atoms with Crippen molar-refractivity contribution in [1.29, 1.82) is 0 Å². The van der Waals surface area contributed by atoms with Crippen LogP contribution in [0.3, 0.4) is 0 Å². The van der Waals surface area contributed by atoms with Gasteiger partial charge in [-0.05, 0) is 36.6 Å². The van der Waals surface area contributed by atoms with Crippen molar-refractivity contribution < 1.29 is 14.2 Å². The van der Waals surface area contributed by atoms with Gasteiger partial charge in [0, 0.05) is 6.54 Å². The topological polar surface area (TPSA) is 47.3 Å². The number of benzene rings is 1. The highest BCUT2D eigenvalue weighted by molar-refractivity contribution is 5.38. The monoisotopic (exact) mass is 278 g/mol. The zero-order valence-electron chi connectivity index (χ0n) is 11.9. The first-order valence-corrected chi connectivity index (χ1v) is 6.62. The van der Waals surface area contributed by atoms with E-state index in [9.17, 15) is 9.50 Å². The molecule has 0 radical (unpaired) electrons. The summed E-state index contributed by atoms with van der Waals surface area (Å²) >= 11 is 0. The Morgan fingerprint density at radius 3 is 2.80 bits per heavy atom. The Kier molecular flexibility index (Phi) is 4.39. The van der Waals surface area contributed by atoms with Crippen LogP contribution in [0.4, 0.5) is 4.39 Å². The summed E-state index contributed by atoms with van der Waals surface area (Å²) in [5, 5.41) is 14.8. The fourth-order valence-electron chi connectivity index (χ4n) is 2.29. The van der Waals surface area contributed by atoms with E-state index in [1.165, 1.54) is 12.1 Å². The number of halogens is 1. The summed E-state index contributed by atoms with van der Waals surface area (Å²) < 4.78 is 20.2. The Bertz CT molecular complexity index is 596. The van der Waals surface area contributed by atoms with Crippen molar-refractivity contribution in [3.63, 3.8) is 0 Å². The maximum atomic E-state index is 13.2. The first-order chi connectivity index (χ1) is 9.58. The van der Waals surface area contributed by atoms with E-state index in [0.717, 1.165) is 6.42 Å². The van der Waals surface area contributed by atoms with E-state index < -0.39 is 6.10 Å². The Hall–Kier alpha value is -1.88. The van der Waals surface area contributed by atoms with E-state index in [1.807, 2.05) is 6.92 Å². The van der Waals surface area contributed by atoms with E-state index in [2.05, 4.69) is 5.10 Å². The van der Waals surface area contributed by atoms with Crippen molar-refractivity contribution in [3.8, 4) is 5.75 Å². The molecule has 108 valence electrons. The summed E-state index contributed by atoms with van der Waals surface area (Å²) in [5.74, 6) is 0.224. The fourth-order valence-corrected chi connectivity index (χ4v) is 2.29. The van der Waals surface area contributed by atoms with Crippen LogP contribution in [0.1, 0.15) is 36.3 Å². The number of aliphatic hydroxyl groups excluding tert-OH is 1. The van der Waals surface area contributed by atoms with Crippen LogP contribution in [0.5, 0.6) is 5.75 Å². The van der Waals surface area contributed by atoms with Gasteiger partial charge in [-0.3, -0.25) is 4.68 Å². The lowest BCUT2D eigenvalue weighted by Gasteiger charge is -2.17. The van der Waals surface area contributed by atoms with Crippen LogP contribution in [-0.4, -0.2) is 22.0 Å². The van der Waals surface area contributed by atoms with Gasteiger partial charge in [0.15, 0.2) is 5.75 Å². The average molecular weight is 278 g/mol. The third-order valence-corrected chi connectivity index (χ3v) is 3.29. The van der Waals surface area contributed by atoms with Gasteiger partial charge in [-0.1, -0.05) is 13.0 Å². The number of aryl methyl sites for hydroxylation is 2. The molecule has 4 nitrogen and oxygen atoms in total. The molecule has 0 amide bonds. The molecule has 0 saturated heterocycles. The number of hydrogen-bond acceptors (Lipinski definition) is 3. The smallest absolute Gasteiger partial charge is 0.163 e. The summed E-state index contributed by atoms with van der Waals surface area (Å²) in [4.78, 5) is 0. The first kappa shape index (κ1) is 14.5. The largest absolute Gasteiger partial charge is 0.493 e. The second kappa shape index (κ2) is 6.05. The molecule has 0 aliphatic rings. The molecule has 2 rings (SSSR count). The number of methoxy groups -OCH3 is 1. The summed E-state index contributed by atoms with van der Waals surface area (Å²) in [6.07, 6.45) is 1.60. The third kappa shape index (κ3) is 2.67. The molecule has 0 aliphatic carbocycles. The quantitative estimate of drug-likeness (QED) is 0.915. The molecule has 1 aromatic carbocycles. The van der Waals surface area contributed by atoms with E-state index in [4.69, 9.17) is 4.74 Å². The molecule has 1 atom stereocenters. The molecule has 1 N–H and O–H groups in total. The minimum atomic E-state index is -0.889. The van der Waals surface area contributed by atoms with Crippen molar-refractivity contribution in [3.05, 3.63) is 47.0 Å². The van der Waals surface area contributed by atoms with Crippen molar-refractivity contribution in [2.45, 2.75) is 32.9 Å². The predicted molar refractivity (Wildman–Crippen MR) is 74.3 cm³/mol. The van der Waals surface area contributed by atoms with Gasteiger partial charge in [-0.25, -0.2) is 4.39 Å². The second-order valence-corrected chi connectivity index (χ2v) is 4.72. The molecule has 0 bridgehead atoms. The molecule has 1 unspecified atom stereocenters. The molecule has 2 aromatic rings. The molecule has 0 saturated carbocycles. The van der Waals surface area contributed by atoms with Crippen molar-refractivity contribution in [1.82, 2.24) is 9.78 Å². The van der Waals surface area contributed by atoms with Crippen LogP contribution in [0, 0.1) is 12.7 Å². The van der Waals surface area contributed by atoms with Crippen molar-refractivity contribution >= 4 is 0 Å². The highest BCUT2D eigenvalue weighted by Crippen LogP contribution is 2.31. The lowest BCUT2D eigenvalue weighted by molar-refractivity contribution is 0.201. The Morgan fingerprint density at radius 1 is 1.45 bits per heavy atom. The van der Waals surface area contributed by atoms with Crippen LogP contribution in [0.2, 0.25) is 0 Å². The number of nitrogens with zero attached hydrogens (tertiary/aromatic N) is 2. The molecule has 0 spiro atoms. The average Bonchev–Trinajstić information content (AvgIpc) is 2.81. The fraction of sp³-hybridized carbons (Fsp3) is 0.400. The number of aromatic nitrogens is 2. The maximum Gasteiger partial charge on any atom is 0.163 e. The summed E-state index contributed by atoms with van der Waals surface area (Å²) in [6, 6.07) is 4.35. The van der Waals surface area contributed by atoms with Gasteiger partial charge in [-0.15, -0.1) is 0 Å². The molecular weight excluding hydrogens is 259 g/mol. The van der Waals surface area contributed by atoms with Gasteiger partial charge in [0.2, 0.25) is 0 Å². The van der Waals surface area contributed by atoms with Crippen LogP contribution < -0.4 is 4.74 Å². The minimum absolute atomic E-state index is 0.313. The van der Waals surface area contributed by atoms with E-state index in [-0.39, 0.29) is 5.82 Å².